The predicted octanol–water partition coefficient (Wildman–Crippen LogP) is 6.28. The summed E-state index contributed by atoms with van der Waals surface area (Å²) in [6, 6.07) is 30.4. The van der Waals surface area contributed by atoms with Crippen LogP contribution in [0.25, 0.3) is 0 Å². The molecule has 0 bridgehead atoms. The molecule has 1 fully saturated rings. The number of nitrogens with zero attached hydrogens (tertiary/aromatic N) is 2. The number of hydrazone groups is 1. The molecule has 3 aromatic rings. The van der Waals surface area contributed by atoms with Crippen molar-refractivity contribution in [3.63, 3.8) is 0 Å². The Hall–Kier alpha value is -3.07. The molecule has 30 heavy (non-hydrogen) atoms. The van der Waals surface area contributed by atoms with Gasteiger partial charge in [0.25, 0.3) is 0 Å². The molecule has 0 N–H and O–H groups in total. The minimum atomic E-state index is -0.333. The number of para-hydroxylation sites is 1. The minimum Gasteiger partial charge on any atom is -0.466 e. The molecule has 0 aromatic heterocycles. The average molecular weight is 395 g/mol. The van der Waals surface area contributed by atoms with E-state index < -0.39 is 0 Å². The first kappa shape index (κ1) is 17.8. The Kier molecular flexibility index (Phi) is 4.15. The second-order valence-corrected chi connectivity index (χ2v) is 8.75. The molecule has 1 saturated carbocycles. The van der Waals surface area contributed by atoms with E-state index in [9.17, 15) is 0 Å². The summed E-state index contributed by atoms with van der Waals surface area (Å²) >= 11 is 0. The fourth-order valence-corrected chi connectivity index (χ4v) is 5.49. The van der Waals surface area contributed by atoms with Crippen LogP contribution in [0.2, 0.25) is 0 Å². The maximum atomic E-state index is 6.76. The summed E-state index contributed by atoms with van der Waals surface area (Å²) in [6.07, 6.45) is 5.21. The highest BCUT2D eigenvalue weighted by Crippen LogP contribution is 2.52. The zero-order chi connectivity index (χ0) is 20.0. The predicted molar refractivity (Wildman–Crippen MR) is 120 cm³/mol. The molecule has 0 radical (unpaired) electrons. The SMILES string of the molecule is c1ccc(C2=NN3C(C2)c2ccccc2OC32CCC(c3ccccc3)CC2)cc1. The van der Waals surface area contributed by atoms with Gasteiger partial charge in [-0.25, -0.2) is 5.01 Å². The van der Waals surface area contributed by atoms with Crippen LogP contribution in [-0.2, 0) is 0 Å². The van der Waals surface area contributed by atoms with E-state index in [1.165, 1.54) is 22.4 Å². The third kappa shape index (κ3) is 2.84. The van der Waals surface area contributed by atoms with Gasteiger partial charge in [0.05, 0.1) is 11.8 Å². The topological polar surface area (TPSA) is 24.8 Å². The molecule has 2 heterocycles. The van der Waals surface area contributed by atoms with Crippen LogP contribution in [0, 0.1) is 0 Å². The molecule has 3 aliphatic rings. The second-order valence-electron chi connectivity index (χ2n) is 8.75. The lowest BCUT2D eigenvalue weighted by Gasteiger charge is -2.50. The van der Waals surface area contributed by atoms with Crippen molar-refractivity contribution < 1.29 is 4.74 Å². The maximum absolute atomic E-state index is 6.76. The minimum absolute atomic E-state index is 0.262. The van der Waals surface area contributed by atoms with Crippen molar-refractivity contribution in [3.05, 3.63) is 102 Å². The van der Waals surface area contributed by atoms with Crippen molar-refractivity contribution in [1.82, 2.24) is 5.01 Å². The van der Waals surface area contributed by atoms with E-state index in [2.05, 4.69) is 89.9 Å². The highest BCUT2D eigenvalue weighted by Gasteiger charge is 2.51. The lowest BCUT2D eigenvalue weighted by Crippen LogP contribution is -2.55. The summed E-state index contributed by atoms with van der Waals surface area (Å²) in [4.78, 5) is 0. The first-order valence-electron chi connectivity index (χ1n) is 11.1. The van der Waals surface area contributed by atoms with E-state index in [0.717, 1.165) is 37.9 Å². The van der Waals surface area contributed by atoms with E-state index >= 15 is 0 Å². The van der Waals surface area contributed by atoms with Crippen LogP contribution in [0.3, 0.4) is 0 Å². The Balaban J connectivity index is 1.35. The maximum Gasteiger partial charge on any atom is 0.198 e. The van der Waals surface area contributed by atoms with Crippen LogP contribution >= 0.6 is 0 Å². The van der Waals surface area contributed by atoms with E-state index in [1.54, 1.807) is 0 Å². The normalized spacial score (nSPS) is 27.2. The van der Waals surface area contributed by atoms with Gasteiger partial charge in [-0.2, -0.15) is 5.10 Å². The van der Waals surface area contributed by atoms with Crippen LogP contribution in [0.5, 0.6) is 5.75 Å². The Morgan fingerprint density at radius 2 is 1.47 bits per heavy atom. The van der Waals surface area contributed by atoms with Gasteiger partial charge in [-0.15, -0.1) is 0 Å². The van der Waals surface area contributed by atoms with E-state index in [4.69, 9.17) is 9.84 Å². The molecule has 0 amide bonds. The van der Waals surface area contributed by atoms with E-state index in [0.29, 0.717) is 5.92 Å². The monoisotopic (exact) mass is 394 g/mol. The number of rotatable bonds is 2. The van der Waals surface area contributed by atoms with Gasteiger partial charge in [-0.1, -0.05) is 78.9 Å². The highest BCUT2D eigenvalue weighted by molar-refractivity contribution is 6.01. The van der Waals surface area contributed by atoms with Gasteiger partial charge in [-0.05, 0) is 36.0 Å². The van der Waals surface area contributed by atoms with Crippen molar-refractivity contribution in [2.45, 2.75) is 49.8 Å². The van der Waals surface area contributed by atoms with Crippen molar-refractivity contribution >= 4 is 5.71 Å². The third-order valence-electron chi connectivity index (χ3n) is 7.05. The Labute approximate surface area is 178 Å². The van der Waals surface area contributed by atoms with Crippen molar-refractivity contribution in [3.8, 4) is 5.75 Å². The Bertz CT molecular complexity index is 1070. The zero-order valence-electron chi connectivity index (χ0n) is 17.1. The van der Waals surface area contributed by atoms with Gasteiger partial charge in [0.15, 0.2) is 5.72 Å². The van der Waals surface area contributed by atoms with Crippen LogP contribution in [-0.4, -0.2) is 16.4 Å². The van der Waals surface area contributed by atoms with Crippen LogP contribution in [0.4, 0.5) is 0 Å². The molecule has 3 aromatic carbocycles. The Morgan fingerprint density at radius 1 is 0.800 bits per heavy atom. The standard InChI is InChI=1S/C27H26N2O/c1-3-9-20(10-4-1)21-15-17-27(18-16-21)29-25(23-13-7-8-14-26(23)30-27)19-24(28-29)22-11-5-2-6-12-22/h1-14,21,25H,15-19H2. The quantitative estimate of drug-likeness (QED) is 0.511. The van der Waals surface area contributed by atoms with Gasteiger partial charge in [0, 0.05) is 24.8 Å². The molecular formula is C27H26N2O. The molecule has 3 nitrogen and oxygen atoms in total. The lowest BCUT2D eigenvalue weighted by atomic mass is 9.78. The molecule has 3 heteroatoms. The van der Waals surface area contributed by atoms with Crippen LogP contribution in [0.15, 0.2) is 90.0 Å². The number of ether oxygens (including phenoxy) is 1. The summed E-state index contributed by atoms with van der Waals surface area (Å²) < 4.78 is 6.76. The summed E-state index contributed by atoms with van der Waals surface area (Å²) in [5, 5.41) is 7.50. The van der Waals surface area contributed by atoms with E-state index in [1.807, 2.05) is 0 Å². The number of hydrogen-bond acceptors (Lipinski definition) is 3. The van der Waals surface area contributed by atoms with Gasteiger partial charge >= 0.3 is 0 Å². The molecule has 1 atom stereocenters. The molecule has 6 rings (SSSR count). The summed E-state index contributed by atoms with van der Waals surface area (Å²) in [6.45, 7) is 0. The molecule has 1 aliphatic carbocycles. The van der Waals surface area contributed by atoms with E-state index in [-0.39, 0.29) is 11.8 Å². The smallest absolute Gasteiger partial charge is 0.198 e. The van der Waals surface area contributed by atoms with Crippen molar-refractivity contribution in [1.29, 1.82) is 0 Å². The third-order valence-corrected chi connectivity index (χ3v) is 7.05. The summed E-state index contributed by atoms with van der Waals surface area (Å²) in [5.74, 6) is 1.65. The van der Waals surface area contributed by atoms with Gasteiger partial charge in [0.2, 0.25) is 0 Å². The van der Waals surface area contributed by atoms with Gasteiger partial charge in [-0.3, -0.25) is 0 Å². The van der Waals surface area contributed by atoms with Crippen molar-refractivity contribution in [2.75, 3.05) is 0 Å². The molecule has 150 valence electrons. The first-order valence-corrected chi connectivity index (χ1v) is 11.1. The van der Waals surface area contributed by atoms with Crippen LogP contribution < -0.4 is 4.74 Å². The van der Waals surface area contributed by atoms with Gasteiger partial charge < -0.3 is 4.74 Å². The largest absolute Gasteiger partial charge is 0.466 e. The molecular weight excluding hydrogens is 368 g/mol. The molecule has 0 saturated heterocycles. The molecule has 1 unspecified atom stereocenters. The number of benzene rings is 3. The lowest BCUT2D eigenvalue weighted by molar-refractivity contribution is -0.142. The first-order chi connectivity index (χ1) is 14.8. The summed E-state index contributed by atoms with van der Waals surface area (Å²) in [7, 11) is 0. The van der Waals surface area contributed by atoms with Gasteiger partial charge in [0.1, 0.15) is 5.75 Å². The highest BCUT2D eigenvalue weighted by atomic mass is 16.5. The number of fused-ring (bicyclic) bond motifs is 4. The second kappa shape index (κ2) is 7.02. The molecule has 2 aliphatic heterocycles. The van der Waals surface area contributed by atoms with Crippen molar-refractivity contribution in [2.24, 2.45) is 5.10 Å². The fourth-order valence-electron chi connectivity index (χ4n) is 5.49. The number of hydrogen-bond donors (Lipinski definition) is 0. The average Bonchev–Trinajstić information content (AvgIpc) is 3.28. The fraction of sp³-hybridized carbons (Fsp3) is 0.296. The van der Waals surface area contributed by atoms with Crippen LogP contribution in [0.1, 0.15) is 60.8 Å². The summed E-state index contributed by atoms with van der Waals surface area (Å²) in [5.41, 5.74) is 4.78. The Morgan fingerprint density at radius 3 is 2.23 bits per heavy atom. The molecule has 1 spiro atoms. The zero-order valence-corrected chi connectivity index (χ0v) is 17.1.